The molecule has 2 rings (SSSR count). The normalized spacial score (nSPS) is 18.3. The molecule has 1 aromatic rings. The van der Waals surface area contributed by atoms with Gasteiger partial charge in [-0.1, -0.05) is 38.1 Å². The second-order valence-electron chi connectivity index (χ2n) is 4.82. The summed E-state index contributed by atoms with van der Waals surface area (Å²) < 4.78 is 0. The molecule has 15 heavy (non-hydrogen) atoms. The Bertz CT molecular complexity index is 377. The highest BCUT2D eigenvalue weighted by atomic mass is 14.4. The molecule has 0 aliphatic heterocycles. The van der Waals surface area contributed by atoms with E-state index in [1.54, 1.807) is 0 Å². The maximum absolute atomic E-state index is 9.22. The van der Waals surface area contributed by atoms with Crippen molar-refractivity contribution in [3.8, 4) is 6.07 Å². The second kappa shape index (κ2) is 3.70. The van der Waals surface area contributed by atoms with Gasteiger partial charge < -0.3 is 0 Å². The van der Waals surface area contributed by atoms with Gasteiger partial charge in [0.25, 0.3) is 0 Å². The van der Waals surface area contributed by atoms with Gasteiger partial charge in [-0.15, -0.1) is 0 Å². The van der Waals surface area contributed by atoms with Crippen LogP contribution in [0.4, 0.5) is 0 Å². The molecule has 1 aliphatic carbocycles. The highest BCUT2D eigenvalue weighted by Gasteiger charge is 2.38. The Hall–Kier alpha value is -1.29. The molecule has 0 unspecified atom stereocenters. The SMILES string of the molecule is CC(C)c1ccc(C2(C#N)CCC2)cc1. The van der Waals surface area contributed by atoms with Crippen LogP contribution in [0.1, 0.15) is 50.2 Å². The van der Waals surface area contributed by atoms with Gasteiger partial charge >= 0.3 is 0 Å². The lowest BCUT2D eigenvalue weighted by Gasteiger charge is -2.35. The van der Waals surface area contributed by atoms with E-state index in [2.05, 4.69) is 44.2 Å². The maximum Gasteiger partial charge on any atom is 0.0822 e. The minimum absolute atomic E-state index is 0.157. The number of hydrogen-bond donors (Lipinski definition) is 0. The van der Waals surface area contributed by atoms with Crippen LogP contribution in [0.5, 0.6) is 0 Å². The first-order valence-corrected chi connectivity index (χ1v) is 5.70. The second-order valence-corrected chi connectivity index (χ2v) is 4.82. The highest BCUT2D eigenvalue weighted by Crippen LogP contribution is 2.43. The molecule has 78 valence electrons. The monoisotopic (exact) mass is 199 g/mol. The summed E-state index contributed by atoms with van der Waals surface area (Å²) in [6.45, 7) is 4.39. The Morgan fingerprint density at radius 3 is 2.13 bits per heavy atom. The van der Waals surface area contributed by atoms with Gasteiger partial charge in [0.2, 0.25) is 0 Å². The Labute approximate surface area is 91.7 Å². The predicted octanol–water partition coefficient (Wildman–Crippen LogP) is 3.76. The van der Waals surface area contributed by atoms with E-state index in [1.165, 1.54) is 17.5 Å². The van der Waals surface area contributed by atoms with E-state index in [-0.39, 0.29) is 5.41 Å². The van der Waals surface area contributed by atoms with Crippen LogP contribution in [0.2, 0.25) is 0 Å². The molecule has 1 heteroatoms. The molecule has 0 atom stereocenters. The molecule has 1 saturated carbocycles. The number of hydrogen-bond acceptors (Lipinski definition) is 1. The van der Waals surface area contributed by atoms with Gasteiger partial charge in [0.05, 0.1) is 11.5 Å². The van der Waals surface area contributed by atoms with Crippen LogP contribution >= 0.6 is 0 Å². The summed E-state index contributed by atoms with van der Waals surface area (Å²) in [5, 5.41) is 9.22. The molecule has 0 aromatic heterocycles. The molecule has 0 bridgehead atoms. The van der Waals surface area contributed by atoms with E-state index in [9.17, 15) is 5.26 Å². The van der Waals surface area contributed by atoms with E-state index in [0.29, 0.717) is 5.92 Å². The first kappa shape index (κ1) is 10.2. The van der Waals surface area contributed by atoms with Gasteiger partial charge in [-0.3, -0.25) is 0 Å². The highest BCUT2D eigenvalue weighted by molar-refractivity contribution is 5.37. The summed E-state index contributed by atoms with van der Waals surface area (Å²) in [5.41, 5.74) is 2.40. The average molecular weight is 199 g/mol. The molecule has 0 N–H and O–H groups in total. The van der Waals surface area contributed by atoms with Gasteiger partial charge in [0.15, 0.2) is 0 Å². The number of rotatable bonds is 2. The fourth-order valence-corrected chi connectivity index (χ4v) is 2.18. The zero-order chi connectivity index (χ0) is 10.9. The van der Waals surface area contributed by atoms with Gasteiger partial charge in [-0.05, 0) is 36.3 Å². The van der Waals surface area contributed by atoms with Gasteiger partial charge in [0.1, 0.15) is 0 Å². The van der Waals surface area contributed by atoms with Crippen molar-refractivity contribution in [2.75, 3.05) is 0 Å². The summed E-state index contributed by atoms with van der Waals surface area (Å²) in [6.07, 6.45) is 3.26. The summed E-state index contributed by atoms with van der Waals surface area (Å²) in [5.74, 6) is 0.568. The lowest BCUT2D eigenvalue weighted by Crippen LogP contribution is -2.32. The Balaban J connectivity index is 2.28. The van der Waals surface area contributed by atoms with E-state index < -0.39 is 0 Å². The summed E-state index contributed by atoms with van der Waals surface area (Å²) >= 11 is 0. The Morgan fingerprint density at radius 1 is 1.20 bits per heavy atom. The third-order valence-electron chi connectivity index (χ3n) is 3.55. The van der Waals surface area contributed by atoms with E-state index in [4.69, 9.17) is 0 Å². The first-order valence-electron chi connectivity index (χ1n) is 5.70. The summed E-state index contributed by atoms with van der Waals surface area (Å²) in [7, 11) is 0. The molecule has 1 nitrogen and oxygen atoms in total. The van der Waals surface area contributed by atoms with Gasteiger partial charge in [0, 0.05) is 0 Å². The Morgan fingerprint density at radius 2 is 1.80 bits per heavy atom. The fourth-order valence-electron chi connectivity index (χ4n) is 2.18. The van der Waals surface area contributed by atoms with Crippen LogP contribution in [-0.2, 0) is 5.41 Å². The van der Waals surface area contributed by atoms with Crippen LogP contribution in [-0.4, -0.2) is 0 Å². The molecule has 0 radical (unpaired) electrons. The molecule has 0 heterocycles. The van der Waals surface area contributed by atoms with Crippen molar-refractivity contribution in [2.24, 2.45) is 0 Å². The minimum atomic E-state index is -0.157. The van der Waals surface area contributed by atoms with Crippen LogP contribution in [0.15, 0.2) is 24.3 Å². The lowest BCUT2D eigenvalue weighted by molar-refractivity contribution is 0.324. The van der Waals surface area contributed by atoms with Crippen LogP contribution < -0.4 is 0 Å². The third kappa shape index (κ3) is 1.65. The van der Waals surface area contributed by atoms with Crippen molar-refractivity contribution in [1.82, 2.24) is 0 Å². The van der Waals surface area contributed by atoms with Crippen molar-refractivity contribution in [1.29, 1.82) is 5.26 Å². The van der Waals surface area contributed by atoms with Crippen LogP contribution in [0.25, 0.3) is 0 Å². The Kier molecular flexibility index (Phi) is 2.52. The van der Waals surface area contributed by atoms with Crippen LogP contribution in [0.3, 0.4) is 0 Å². The smallest absolute Gasteiger partial charge is 0.0822 e. The predicted molar refractivity (Wildman–Crippen MR) is 61.7 cm³/mol. The van der Waals surface area contributed by atoms with Crippen molar-refractivity contribution in [3.63, 3.8) is 0 Å². The number of nitrogens with zero attached hydrogens (tertiary/aromatic N) is 1. The van der Waals surface area contributed by atoms with Crippen molar-refractivity contribution < 1.29 is 0 Å². The average Bonchev–Trinajstić information content (AvgIpc) is 2.18. The molecule has 0 spiro atoms. The van der Waals surface area contributed by atoms with Crippen molar-refractivity contribution >= 4 is 0 Å². The number of nitriles is 1. The zero-order valence-electron chi connectivity index (χ0n) is 9.46. The van der Waals surface area contributed by atoms with Crippen LogP contribution in [0, 0.1) is 11.3 Å². The standard InChI is InChI=1S/C14H17N/c1-11(2)12-4-6-13(7-5-12)14(10-15)8-3-9-14/h4-7,11H,3,8-9H2,1-2H3. The summed E-state index contributed by atoms with van der Waals surface area (Å²) in [6, 6.07) is 11.1. The lowest BCUT2D eigenvalue weighted by atomic mass is 9.65. The maximum atomic E-state index is 9.22. The molecular weight excluding hydrogens is 182 g/mol. The van der Waals surface area contributed by atoms with E-state index in [0.717, 1.165) is 12.8 Å². The summed E-state index contributed by atoms with van der Waals surface area (Å²) in [4.78, 5) is 0. The first-order chi connectivity index (χ1) is 7.18. The fraction of sp³-hybridized carbons (Fsp3) is 0.500. The van der Waals surface area contributed by atoms with Crippen molar-refractivity contribution in [2.45, 2.75) is 44.4 Å². The quantitative estimate of drug-likeness (QED) is 0.711. The molecular formula is C14H17N. The van der Waals surface area contributed by atoms with Gasteiger partial charge in [-0.2, -0.15) is 5.26 Å². The molecule has 1 aromatic carbocycles. The minimum Gasteiger partial charge on any atom is -0.197 e. The number of benzene rings is 1. The largest absolute Gasteiger partial charge is 0.197 e. The molecule has 1 aliphatic rings. The third-order valence-corrected chi connectivity index (χ3v) is 3.55. The topological polar surface area (TPSA) is 23.8 Å². The van der Waals surface area contributed by atoms with E-state index >= 15 is 0 Å². The van der Waals surface area contributed by atoms with E-state index in [1.807, 2.05) is 0 Å². The zero-order valence-corrected chi connectivity index (χ0v) is 9.46. The van der Waals surface area contributed by atoms with Gasteiger partial charge in [-0.25, -0.2) is 0 Å². The molecule has 0 amide bonds. The molecule has 1 fully saturated rings. The van der Waals surface area contributed by atoms with Crippen molar-refractivity contribution in [3.05, 3.63) is 35.4 Å². The molecule has 0 saturated heterocycles.